The minimum Gasteiger partial charge on any atom is -0.400 e. The van der Waals surface area contributed by atoms with Gasteiger partial charge in [0.2, 0.25) is 0 Å². The normalized spacial score (nSPS) is 20.9. The summed E-state index contributed by atoms with van der Waals surface area (Å²) in [5, 5.41) is 0. The minimum absolute atomic E-state index is 0.340. The van der Waals surface area contributed by atoms with E-state index < -0.39 is 0 Å². The average molecular weight is 305 g/mol. The van der Waals surface area contributed by atoms with Crippen LogP contribution in [0.15, 0.2) is 34.6 Å². The number of rotatable bonds is 4. The SMILES string of the molecule is CSc1cccc(C=C(CN)B2OC(C)(C)C(C)(C)O2)c1. The lowest BCUT2D eigenvalue weighted by Gasteiger charge is -2.32. The fourth-order valence-electron chi connectivity index (χ4n) is 2.16. The van der Waals surface area contributed by atoms with Crippen LogP contribution in [0.5, 0.6) is 0 Å². The second-order valence-electron chi connectivity index (χ2n) is 6.29. The molecule has 3 nitrogen and oxygen atoms in total. The van der Waals surface area contributed by atoms with Gasteiger partial charge in [0.05, 0.1) is 11.2 Å². The van der Waals surface area contributed by atoms with Crippen LogP contribution in [0.3, 0.4) is 0 Å². The van der Waals surface area contributed by atoms with E-state index in [2.05, 4.69) is 64.3 Å². The van der Waals surface area contributed by atoms with Crippen LogP contribution >= 0.6 is 11.8 Å². The zero-order chi connectivity index (χ0) is 15.7. The van der Waals surface area contributed by atoms with E-state index in [9.17, 15) is 0 Å². The van der Waals surface area contributed by atoms with Crippen LogP contribution in [0, 0.1) is 0 Å². The number of thioether (sulfide) groups is 1. The molecule has 1 aromatic carbocycles. The zero-order valence-electron chi connectivity index (χ0n) is 13.5. The summed E-state index contributed by atoms with van der Waals surface area (Å²) in [6.07, 6.45) is 4.14. The third-order valence-corrected chi connectivity index (χ3v) is 4.96. The predicted molar refractivity (Wildman–Crippen MR) is 91.3 cm³/mol. The van der Waals surface area contributed by atoms with Crippen molar-refractivity contribution in [3.05, 3.63) is 35.3 Å². The Bertz CT molecular complexity index is 527. The van der Waals surface area contributed by atoms with Crippen molar-refractivity contribution in [2.45, 2.75) is 43.8 Å². The molecule has 1 heterocycles. The summed E-state index contributed by atoms with van der Waals surface area (Å²) in [6.45, 7) is 8.62. The van der Waals surface area contributed by atoms with Crippen molar-refractivity contribution < 1.29 is 9.31 Å². The van der Waals surface area contributed by atoms with Crippen molar-refractivity contribution in [1.82, 2.24) is 0 Å². The third kappa shape index (κ3) is 3.54. The Kier molecular flexibility index (Phi) is 4.88. The molecule has 0 radical (unpaired) electrons. The van der Waals surface area contributed by atoms with E-state index in [-0.39, 0.29) is 18.3 Å². The Morgan fingerprint density at radius 1 is 1.24 bits per heavy atom. The van der Waals surface area contributed by atoms with E-state index >= 15 is 0 Å². The molecular formula is C16H24BNO2S. The molecule has 1 aromatic rings. The van der Waals surface area contributed by atoms with Gasteiger partial charge >= 0.3 is 7.12 Å². The van der Waals surface area contributed by atoms with Gasteiger partial charge in [-0.1, -0.05) is 18.2 Å². The molecule has 1 saturated heterocycles. The molecule has 21 heavy (non-hydrogen) atoms. The van der Waals surface area contributed by atoms with Crippen molar-refractivity contribution >= 4 is 25.0 Å². The van der Waals surface area contributed by atoms with Crippen LogP contribution in [-0.2, 0) is 9.31 Å². The topological polar surface area (TPSA) is 44.5 Å². The molecule has 2 N–H and O–H groups in total. The molecule has 2 rings (SSSR count). The van der Waals surface area contributed by atoms with E-state index in [0.717, 1.165) is 11.0 Å². The summed E-state index contributed by atoms with van der Waals surface area (Å²) in [6, 6.07) is 8.36. The monoisotopic (exact) mass is 305 g/mol. The number of hydrogen-bond acceptors (Lipinski definition) is 4. The fraction of sp³-hybridized carbons (Fsp3) is 0.500. The molecular weight excluding hydrogens is 281 g/mol. The Balaban J connectivity index is 2.26. The molecule has 0 atom stereocenters. The Hall–Kier alpha value is -0.745. The van der Waals surface area contributed by atoms with Gasteiger partial charge in [-0.05, 0) is 57.1 Å². The van der Waals surface area contributed by atoms with Crippen LogP contribution in [0.2, 0.25) is 0 Å². The third-order valence-electron chi connectivity index (χ3n) is 4.24. The highest BCUT2D eigenvalue weighted by atomic mass is 32.2. The van der Waals surface area contributed by atoms with Gasteiger partial charge in [0.1, 0.15) is 0 Å². The van der Waals surface area contributed by atoms with Gasteiger partial charge < -0.3 is 15.0 Å². The predicted octanol–water partition coefficient (Wildman–Crippen LogP) is 3.38. The molecule has 0 aliphatic carbocycles. The summed E-state index contributed by atoms with van der Waals surface area (Å²) in [7, 11) is -0.377. The van der Waals surface area contributed by atoms with Crippen LogP contribution in [0.1, 0.15) is 33.3 Å². The lowest BCUT2D eigenvalue weighted by Crippen LogP contribution is -2.41. The maximum absolute atomic E-state index is 6.07. The standard InChI is InChI=1S/C16H24BNO2S/c1-15(2)16(3,4)20-17(19-15)13(11-18)9-12-7-6-8-14(10-12)21-5/h6-10H,11,18H2,1-5H3. The molecule has 1 aliphatic heterocycles. The van der Waals surface area contributed by atoms with Gasteiger partial charge in [-0.15, -0.1) is 11.8 Å². The van der Waals surface area contributed by atoms with Crippen molar-refractivity contribution in [3.8, 4) is 0 Å². The molecule has 5 heteroatoms. The van der Waals surface area contributed by atoms with Gasteiger partial charge in [-0.2, -0.15) is 0 Å². The molecule has 0 amide bonds. The molecule has 0 aromatic heterocycles. The largest absolute Gasteiger partial charge is 0.491 e. The van der Waals surface area contributed by atoms with Crippen LogP contribution in [0.25, 0.3) is 6.08 Å². The van der Waals surface area contributed by atoms with Gasteiger partial charge in [0, 0.05) is 11.4 Å². The van der Waals surface area contributed by atoms with E-state index in [4.69, 9.17) is 15.0 Å². The Morgan fingerprint density at radius 3 is 2.38 bits per heavy atom. The molecule has 0 unspecified atom stereocenters. The van der Waals surface area contributed by atoms with Crippen LogP contribution < -0.4 is 5.73 Å². The molecule has 0 saturated carbocycles. The van der Waals surface area contributed by atoms with Gasteiger partial charge in [-0.3, -0.25) is 0 Å². The Morgan fingerprint density at radius 2 is 1.86 bits per heavy atom. The van der Waals surface area contributed by atoms with Gasteiger partial charge in [0.25, 0.3) is 0 Å². The van der Waals surface area contributed by atoms with Crippen molar-refractivity contribution in [2.75, 3.05) is 12.8 Å². The number of benzene rings is 1. The highest BCUT2D eigenvalue weighted by Gasteiger charge is 2.52. The Labute approximate surface area is 132 Å². The average Bonchev–Trinajstić information content (AvgIpc) is 2.65. The maximum atomic E-state index is 6.07. The molecule has 0 spiro atoms. The van der Waals surface area contributed by atoms with E-state index in [1.807, 2.05) is 0 Å². The first-order chi connectivity index (χ1) is 9.79. The quantitative estimate of drug-likeness (QED) is 0.684. The van der Waals surface area contributed by atoms with Gasteiger partial charge in [-0.25, -0.2) is 0 Å². The van der Waals surface area contributed by atoms with Crippen LogP contribution in [0.4, 0.5) is 0 Å². The zero-order valence-corrected chi connectivity index (χ0v) is 14.3. The minimum atomic E-state index is -0.377. The number of hydrogen-bond donors (Lipinski definition) is 1. The van der Waals surface area contributed by atoms with E-state index in [1.165, 1.54) is 4.90 Å². The molecule has 1 fully saturated rings. The summed E-state index contributed by atoms with van der Waals surface area (Å²) < 4.78 is 12.1. The highest BCUT2D eigenvalue weighted by molar-refractivity contribution is 7.98. The summed E-state index contributed by atoms with van der Waals surface area (Å²) in [5.41, 5.74) is 7.32. The van der Waals surface area contributed by atoms with Gasteiger partial charge in [0.15, 0.2) is 0 Å². The second-order valence-corrected chi connectivity index (χ2v) is 7.17. The van der Waals surface area contributed by atoms with Crippen molar-refractivity contribution in [2.24, 2.45) is 5.73 Å². The smallest absolute Gasteiger partial charge is 0.400 e. The first-order valence-corrected chi connectivity index (χ1v) is 8.42. The summed E-state index contributed by atoms with van der Waals surface area (Å²) in [4.78, 5) is 1.23. The lowest BCUT2D eigenvalue weighted by molar-refractivity contribution is 0.00578. The summed E-state index contributed by atoms with van der Waals surface area (Å²) >= 11 is 1.73. The van der Waals surface area contributed by atoms with E-state index in [1.54, 1.807) is 11.8 Å². The van der Waals surface area contributed by atoms with Crippen molar-refractivity contribution in [1.29, 1.82) is 0 Å². The first kappa shape index (κ1) is 16.6. The molecule has 0 bridgehead atoms. The lowest BCUT2D eigenvalue weighted by atomic mass is 9.77. The number of nitrogens with two attached hydrogens (primary N) is 1. The summed E-state index contributed by atoms with van der Waals surface area (Å²) in [5.74, 6) is 0. The second kappa shape index (κ2) is 6.17. The molecule has 1 aliphatic rings. The highest BCUT2D eigenvalue weighted by Crippen LogP contribution is 2.38. The van der Waals surface area contributed by atoms with E-state index in [0.29, 0.717) is 6.54 Å². The van der Waals surface area contributed by atoms with Crippen LogP contribution in [-0.4, -0.2) is 31.1 Å². The maximum Gasteiger partial charge on any atom is 0.491 e. The first-order valence-electron chi connectivity index (χ1n) is 7.19. The van der Waals surface area contributed by atoms with Crippen molar-refractivity contribution in [3.63, 3.8) is 0 Å². The fourth-order valence-corrected chi connectivity index (χ4v) is 2.63. The molecule has 114 valence electrons.